The zero-order chi connectivity index (χ0) is 28.2. The lowest BCUT2D eigenvalue weighted by Gasteiger charge is -2.34. The van der Waals surface area contributed by atoms with E-state index >= 15 is 0 Å². The summed E-state index contributed by atoms with van der Waals surface area (Å²) in [5.41, 5.74) is -0.161. The van der Waals surface area contributed by atoms with Crippen LogP contribution in [0.25, 0.3) is 0 Å². The third-order valence-electron chi connectivity index (χ3n) is 5.26. The molecule has 0 radical (unpaired) electrons. The number of aliphatic hydroxyl groups is 1. The van der Waals surface area contributed by atoms with Gasteiger partial charge in [0.05, 0.1) is 19.6 Å². The molecule has 2 unspecified atom stereocenters. The maximum absolute atomic E-state index is 13.6. The van der Waals surface area contributed by atoms with Crippen LogP contribution in [-0.2, 0) is 23.9 Å². The van der Waals surface area contributed by atoms with Crippen LogP contribution in [0.1, 0.15) is 71.0 Å². The summed E-state index contributed by atoms with van der Waals surface area (Å²) in [6, 6.07) is 2.14. The predicted octanol–water partition coefficient (Wildman–Crippen LogP) is 2.33. The maximum atomic E-state index is 13.6. The number of para-hydroxylation sites is 1. The molecule has 0 saturated carbocycles. The minimum absolute atomic E-state index is 0.0455. The number of aliphatic hydroxyl groups excluding tert-OH is 1. The first-order valence-electron chi connectivity index (χ1n) is 12.5. The summed E-state index contributed by atoms with van der Waals surface area (Å²) in [6.07, 6.45) is 0.220. The van der Waals surface area contributed by atoms with Crippen molar-refractivity contribution < 1.29 is 38.9 Å². The molecule has 3 amide bonds. The molecule has 1 aromatic rings. The fourth-order valence-corrected chi connectivity index (χ4v) is 3.50. The molecule has 0 fully saturated rings. The Morgan fingerprint density at radius 3 is 2.38 bits per heavy atom. The molecule has 0 aromatic heterocycles. The van der Waals surface area contributed by atoms with E-state index in [4.69, 9.17) is 9.47 Å². The Kier molecular flexibility index (Phi) is 12.9. The Morgan fingerprint density at radius 1 is 1.14 bits per heavy atom. The summed E-state index contributed by atoms with van der Waals surface area (Å²) in [4.78, 5) is 52.3. The summed E-state index contributed by atoms with van der Waals surface area (Å²) in [5.74, 6) is -2.02. The molecule has 0 spiro atoms. The quantitative estimate of drug-likeness (QED) is 0.287. The number of alkyl carbamates (subject to hydrolysis) is 1. The molecule has 1 rings (SSSR count). The average molecular weight is 524 g/mol. The molecule has 37 heavy (non-hydrogen) atoms. The van der Waals surface area contributed by atoms with Crippen molar-refractivity contribution in [3.05, 3.63) is 29.3 Å². The largest absolute Gasteiger partial charge is 0.507 e. The van der Waals surface area contributed by atoms with Crippen LogP contribution in [0.2, 0.25) is 0 Å². The Hall–Kier alpha value is -3.34. The number of rotatable bonds is 13. The van der Waals surface area contributed by atoms with Crippen LogP contribution < -0.4 is 10.6 Å². The van der Waals surface area contributed by atoms with Gasteiger partial charge in [-0.15, -0.1) is 0 Å². The van der Waals surface area contributed by atoms with E-state index < -0.39 is 48.2 Å². The zero-order valence-electron chi connectivity index (χ0n) is 22.6. The third kappa shape index (κ3) is 10.3. The number of carbonyl (C=O) groups is 4. The zero-order valence-corrected chi connectivity index (χ0v) is 22.6. The number of nitrogens with one attached hydrogen (secondary N) is 2. The monoisotopic (exact) mass is 523 g/mol. The first-order valence-corrected chi connectivity index (χ1v) is 12.5. The van der Waals surface area contributed by atoms with E-state index in [1.165, 1.54) is 11.0 Å². The second-order valence-corrected chi connectivity index (χ2v) is 9.53. The molecule has 0 bridgehead atoms. The molecule has 0 saturated heterocycles. The maximum Gasteiger partial charge on any atom is 0.408 e. The number of aromatic hydroxyl groups is 1. The molecule has 2 atom stereocenters. The predicted molar refractivity (Wildman–Crippen MR) is 137 cm³/mol. The topological polar surface area (TPSA) is 154 Å². The number of aryl methyl sites for hydroxylation is 1. The SMILES string of the molecule is CCCCN(C(=O)C(CO)NC(=O)OC(C)(C)C)C(C(=O)NCCC(=O)OCC)c1cccc(C)c1O. The van der Waals surface area contributed by atoms with Gasteiger partial charge in [0.1, 0.15) is 23.4 Å². The number of phenolic OH excluding ortho intramolecular Hbond substituents is 1. The van der Waals surface area contributed by atoms with Crippen molar-refractivity contribution in [3.63, 3.8) is 0 Å². The van der Waals surface area contributed by atoms with Crippen molar-refractivity contribution in [2.75, 3.05) is 26.3 Å². The normalized spacial score (nSPS) is 12.7. The molecule has 0 aliphatic carbocycles. The van der Waals surface area contributed by atoms with Gasteiger partial charge >= 0.3 is 12.1 Å². The van der Waals surface area contributed by atoms with Crippen LogP contribution in [0.15, 0.2) is 18.2 Å². The van der Waals surface area contributed by atoms with E-state index in [1.54, 1.807) is 46.8 Å². The van der Waals surface area contributed by atoms with Gasteiger partial charge in [-0.3, -0.25) is 14.4 Å². The summed E-state index contributed by atoms with van der Waals surface area (Å²) in [7, 11) is 0. The Morgan fingerprint density at radius 2 is 1.81 bits per heavy atom. The average Bonchev–Trinajstić information content (AvgIpc) is 2.81. The van der Waals surface area contributed by atoms with Crippen molar-refractivity contribution in [1.29, 1.82) is 0 Å². The standard InChI is InChI=1S/C26H41N3O8/c1-7-9-15-29(24(34)19(16-30)28-25(35)37-26(4,5)6)21(18-12-10-11-17(3)22(18)32)23(33)27-14-13-20(31)36-8-2/h10-12,19,21,30,32H,7-9,13-16H2,1-6H3,(H,27,33)(H,28,35). The van der Waals surface area contributed by atoms with Gasteiger partial charge in [-0.05, 0) is 46.6 Å². The van der Waals surface area contributed by atoms with Crippen molar-refractivity contribution in [2.24, 2.45) is 0 Å². The van der Waals surface area contributed by atoms with Gasteiger partial charge < -0.3 is 35.2 Å². The number of benzene rings is 1. The van der Waals surface area contributed by atoms with E-state index in [2.05, 4.69) is 10.6 Å². The second-order valence-electron chi connectivity index (χ2n) is 9.53. The number of amides is 3. The fourth-order valence-electron chi connectivity index (χ4n) is 3.50. The summed E-state index contributed by atoms with van der Waals surface area (Å²) in [5, 5.41) is 25.7. The number of phenols is 1. The van der Waals surface area contributed by atoms with E-state index in [1.807, 2.05) is 6.92 Å². The van der Waals surface area contributed by atoms with Gasteiger partial charge in [0.15, 0.2) is 0 Å². The van der Waals surface area contributed by atoms with Gasteiger partial charge in [0.25, 0.3) is 0 Å². The number of esters is 1. The molecular formula is C26H41N3O8. The van der Waals surface area contributed by atoms with Crippen molar-refractivity contribution >= 4 is 23.9 Å². The summed E-state index contributed by atoms with van der Waals surface area (Å²) >= 11 is 0. The summed E-state index contributed by atoms with van der Waals surface area (Å²) < 4.78 is 10.1. The number of ether oxygens (including phenoxy) is 2. The lowest BCUT2D eigenvalue weighted by atomic mass is 9.99. The van der Waals surface area contributed by atoms with Crippen LogP contribution in [-0.4, -0.2) is 76.9 Å². The number of nitrogens with zero attached hydrogens (tertiary/aromatic N) is 1. The molecule has 11 nitrogen and oxygen atoms in total. The van der Waals surface area contributed by atoms with Crippen LogP contribution >= 0.6 is 0 Å². The van der Waals surface area contributed by atoms with Crippen LogP contribution in [0.5, 0.6) is 5.75 Å². The minimum Gasteiger partial charge on any atom is -0.507 e. The molecule has 0 heterocycles. The highest BCUT2D eigenvalue weighted by atomic mass is 16.6. The Labute approximate surface area is 218 Å². The van der Waals surface area contributed by atoms with E-state index in [0.29, 0.717) is 18.4 Å². The van der Waals surface area contributed by atoms with Crippen LogP contribution in [0.4, 0.5) is 4.79 Å². The van der Waals surface area contributed by atoms with Crippen molar-refractivity contribution in [3.8, 4) is 5.75 Å². The van der Waals surface area contributed by atoms with E-state index in [9.17, 15) is 29.4 Å². The lowest BCUT2D eigenvalue weighted by molar-refractivity contribution is -0.144. The third-order valence-corrected chi connectivity index (χ3v) is 5.26. The minimum atomic E-state index is -1.39. The number of carbonyl (C=O) groups excluding carboxylic acids is 4. The molecule has 0 aliphatic rings. The molecule has 4 N–H and O–H groups in total. The van der Waals surface area contributed by atoms with Crippen molar-refractivity contribution in [2.45, 2.75) is 78.5 Å². The highest BCUT2D eigenvalue weighted by molar-refractivity contribution is 5.92. The first-order chi connectivity index (χ1) is 17.4. The summed E-state index contributed by atoms with van der Waals surface area (Å²) in [6.45, 7) is 9.75. The number of hydrogen-bond acceptors (Lipinski definition) is 8. The van der Waals surface area contributed by atoms with Gasteiger partial charge in [0.2, 0.25) is 11.8 Å². The highest BCUT2D eigenvalue weighted by Gasteiger charge is 2.37. The van der Waals surface area contributed by atoms with Gasteiger partial charge in [-0.2, -0.15) is 0 Å². The van der Waals surface area contributed by atoms with E-state index in [-0.39, 0.29) is 37.4 Å². The molecule has 0 aliphatic heterocycles. The first kappa shape index (κ1) is 31.7. The van der Waals surface area contributed by atoms with Crippen molar-refractivity contribution in [1.82, 2.24) is 15.5 Å². The Bertz CT molecular complexity index is 929. The smallest absolute Gasteiger partial charge is 0.408 e. The van der Waals surface area contributed by atoms with Crippen LogP contribution in [0.3, 0.4) is 0 Å². The van der Waals surface area contributed by atoms with Gasteiger partial charge in [0, 0.05) is 18.7 Å². The van der Waals surface area contributed by atoms with Gasteiger partial charge in [-0.25, -0.2) is 4.79 Å². The fraction of sp³-hybridized carbons (Fsp3) is 0.615. The molecule has 1 aromatic carbocycles. The number of hydrogen-bond donors (Lipinski definition) is 4. The lowest BCUT2D eigenvalue weighted by Crippen LogP contribution is -2.54. The second kappa shape index (κ2) is 15.0. The number of unbranched alkanes of at least 4 members (excludes halogenated alkanes) is 1. The van der Waals surface area contributed by atoms with Gasteiger partial charge in [-0.1, -0.05) is 31.5 Å². The Balaban J connectivity index is 3.38. The highest BCUT2D eigenvalue weighted by Crippen LogP contribution is 2.32. The van der Waals surface area contributed by atoms with E-state index in [0.717, 1.165) is 0 Å². The molecular weight excluding hydrogens is 482 g/mol. The van der Waals surface area contributed by atoms with Crippen LogP contribution in [0, 0.1) is 6.92 Å². The molecule has 11 heteroatoms. The molecule has 208 valence electrons.